The summed E-state index contributed by atoms with van der Waals surface area (Å²) in [6, 6.07) is 16.8. The van der Waals surface area contributed by atoms with Crippen LogP contribution in [0.25, 0.3) is 11.1 Å². The van der Waals surface area contributed by atoms with Gasteiger partial charge >= 0.3 is 12.1 Å². The van der Waals surface area contributed by atoms with Crippen LogP contribution in [0.4, 0.5) is 4.79 Å². The molecule has 2 amide bonds. The van der Waals surface area contributed by atoms with E-state index in [9.17, 15) is 19.5 Å². The van der Waals surface area contributed by atoms with Gasteiger partial charge in [0.2, 0.25) is 5.91 Å². The molecule has 35 heavy (non-hydrogen) atoms. The number of rotatable bonds is 11. The normalized spacial score (nSPS) is 12.9. The number of benzene rings is 2. The van der Waals surface area contributed by atoms with Gasteiger partial charge in [0, 0.05) is 18.4 Å². The highest BCUT2D eigenvalue weighted by Gasteiger charge is 2.31. The third-order valence-corrected chi connectivity index (χ3v) is 6.18. The monoisotopic (exact) mass is 477 g/mol. The lowest BCUT2D eigenvalue weighted by Crippen LogP contribution is -2.52. The van der Waals surface area contributed by atoms with Gasteiger partial charge in [-0.05, 0) is 55.4 Å². The average Bonchev–Trinajstić information content (AvgIpc) is 3.16. The Bertz CT molecular complexity index is 1060. The minimum Gasteiger partial charge on any atom is -0.480 e. The molecule has 2 aromatic carbocycles. The number of nitrogens with zero attached hydrogens (tertiary/aromatic N) is 2. The molecule has 0 aliphatic heterocycles. The van der Waals surface area contributed by atoms with Crippen molar-refractivity contribution >= 4 is 18.0 Å². The smallest absolute Gasteiger partial charge is 0.407 e. The summed E-state index contributed by atoms with van der Waals surface area (Å²) in [6.45, 7) is 3.09. The van der Waals surface area contributed by atoms with Crippen LogP contribution >= 0.6 is 0 Å². The van der Waals surface area contributed by atoms with Gasteiger partial charge in [0.25, 0.3) is 0 Å². The SMILES string of the molecule is CC(C)N(CC(=O)O)C(=O)C(CCCCC#N)NC(=O)OCC1c2ccccc2-c2ccccc21. The van der Waals surface area contributed by atoms with Crippen molar-refractivity contribution in [2.45, 2.75) is 57.5 Å². The minimum atomic E-state index is -1.13. The van der Waals surface area contributed by atoms with E-state index < -0.39 is 30.6 Å². The van der Waals surface area contributed by atoms with Crippen LogP contribution in [0.5, 0.6) is 0 Å². The lowest BCUT2D eigenvalue weighted by molar-refractivity contribution is -0.146. The zero-order valence-electron chi connectivity index (χ0n) is 20.1. The maximum Gasteiger partial charge on any atom is 0.407 e. The van der Waals surface area contributed by atoms with E-state index >= 15 is 0 Å². The van der Waals surface area contributed by atoms with Gasteiger partial charge in [0.05, 0.1) is 6.07 Å². The number of amides is 2. The second-order valence-corrected chi connectivity index (χ2v) is 8.88. The molecule has 0 heterocycles. The van der Waals surface area contributed by atoms with Crippen LogP contribution in [-0.4, -0.2) is 53.2 Å². The zero-order valence-corrected chi connectivity index (χ0v) is 20.1. The van der Waals surface area contributed by atoms with E-state index in [1.165, 1.54) is 4.90 Å². The first kappa shape index (κ1) is 25.8. The van der Waals surface area contributed by atoms with Crippen LogP contribution < -0.4 is 5.32 Å². The molecule has 0 saturated heterocycles. The molecule has 1 aliphatic carbocycles. The van der Waals surface area contributed by atoms with Crippen LogP contribution in [-0.2, 0) is 14.3 Å². The van der Waals surface area contributed by atoms with Gasteiger partial charge < -0.3 is 20.1 Å². The fraction of sp³-hybridized carbons (Fsp3) is 0.407. The third-order valence-electron chi connectivity index (χ3n) is 6.18. The Balaban J connectivity index is 1.70. The molecule has 8 heteroatoms. The number of unbranched alkanes of at least 4 members (excludes halogenated alkanes) is 2. The van der Waals surface area contributed by atoms with Crippen LogP contribution in [0.15, 0.2) is 48.5 Å². The third kappa shape index (κ3) is 6.38. The van der Waals surface area contributed by atoms with Crippen LogP contribution in [0.2, 0.25) is 0 Å². The van der Waals surface area contributed by atoms with E-state index in [1.54, 1.807) is 13.8 Å². The van der Waals surface area contributed by atoms with Crippen LogP contribution in [0, 0.1) is 11.3 Å². The van der Waals surface area contributed by atoms with E-state index in [2.05, 4.69) is 11.4 Å². The predicted molar refractivity (Wildman–Crippen MR) is 131 cm³/mol. The summed E-state index contributed by atoms with van der Waals surface area (Å²) >= 11 is 0. The van der Waals surface area contributed by atoms with Gasteiger partial charge in [-0.1, -0.05) is 48.5 Å². The van der Waals surface area contributed by atoms with Crippen LogP contribution in [0.1, 0.15) is 56.6 Å². The topological polar surface area (TPSA) is 120 Å². The summed E-state index contributed by atoms with van der Waals surface area (Å²) in [5.41, 5.74) is 4.39. The number of carboxylic acids is 1. The Kier molecular flexibility index (Phi) is 8.85. The zero-order chi connectivity index (χ0) is 25.4. The number of fused-ring (bicyclic) bond motifs is 3. The van der Waals surface area contributed by atoms with Crippen molar-refractivity contribution in [2.75, 3.05) is 13.2 Å². The Labute approximate surface area is 205 Å². The van der Waals surface area contributed by atoms with Crippen molar-refractivity contribution < 1.29 is 24.2 Å². The lowest BCUT2D eigenvalue weighted by atomic mass is 9.98. The first-order valence-corrected chi connectivity index (χ1v) is 11.8. The van der Waals surface area contributed by atoms with Crippen molar-refractivity contribution in [1.29, 1.82) is 5.26 Å². The standard InChI is InChI=1S/C27H31N3O5/c1-18(2)30(16-25(31)32)26(33)24(14-4-3-9-15-28)29-27(34)35-17-23-21-12-7-5-10-19(21)20-11-6-8-13-22(20)23/h5-8,10-13,18,23-24H,3-4,9,14,16-17H2,1-2H3,(H,29,34)(H,31,32). The number of hydrogen-bond acceptors (Lipinski definition) is 5. The number of ether oxygens (including phenoxy) is 1. The highest BCUT2D eigenvalue weighted by Crippen LogP contribution is 2.44. The van der Waals surface area contributed by atoms with E-state index in [1.807, 2.05) is 48.5 Å². The molecular formula is C27H31N3O5. The second kappa shape index (κ2) is 12.0. The van der Waals surface area contributed by atoms with E-state index in [0.29, 0.717) is 19.3 Å². The Morgan fingerprint density at radius 2 is 1.66 bits per heavy atom. The van der Waals surface area contributed by atoms with Crippen molar-refractivity contribution in [2.24, 2.45) is 0 Å². The summed E-state index contributed by atoms with van der Waals surface area (Å²) in [6.07, 6.45) is 1.01. The quantitative estimate of drug-likeness (QED) is 0.466. The Hall–Kier alpha value is -3.86. The molecule has 2 N–H and O–H groups in total. The van der Waals surface area contributed by atoms with E-state index in [4.69, 9.17) is 10.00 Å². The summed E-state index contributed by atoms with van der Waals surface area (Å²) in [4.78, 5) is 38.4. The average molecular weight is 478 g/mol. The molecule has 8 nitrogen and oxygen atoms in total. The number of alkyl carbamates (subject to hydrolysis) is 1. The maximum atomic E-state index is 13.1. The molecule has 0 bridgehead atoms. The molecule has 184 valence electrons. The second-order valence-electron chi connectivity index (χ2n) is 8.88. The van der Waals surface area contributed by atoms with E-state index in [0.717, 1.165) is 22.3 Å². The molecule has 0 saturated carbocycles. The molecular weight excluding hydrogens is 446 g/mol. The molecule has 1 atom stereocenters. The molecule has 0 radical (unpaired) electrons. The van der Waals surface area contributed by atoms with Gasteiger partial charge in [-0.25, -0.2) is 4.79 Å². The molecule has 0 spiro atoms. The largest absolute Gasteiger partial charge is 0.480 e. The fourth-order valence-electron chi connectivity index (χ4n) is 4.45. The highest BCUT2D eigenvalue weighted by molar-refractivity contribution is 5.88. The highest BCUT2D eigenvalue weighted by atomic mass is 16.5. The number of carbonyl (C=O) groups excluding carboxylic acids is 2. The number of carbonyl (C=O) groups is 3. The number of aliphatic carboxylic acids is 1. The first-order valence-electron chi connectivity index (χ1n) is 11.8. The summed E-state index contributed by atoms with van der Waals surface area (Å²) in [5.74, 6) is -1.72. The number of carboxylic acid groups (broad SMARTS) is 1. The summed E-state index contributed by atoms with van der Waals surface area (Å²) in [5, 5.41) is 20.6. The Morgan fingerprint density at radius 3 is 2.20 bits per heavy atom. The van der Waals surface area contributed by atoms with Gasteiger partial charge in [0.15, 0.2) is 0 Å². The molecule has 2 aromatic rings. The number of nitriles is 1. The molecule has 1 aliphatic rings. The minimum absolute atomic E-state index is 0.109. The van der Waals surface area contributed by atoms with Gasteiger partial charge in [-0.3, -0.25) is 9.59 Å². The molecule has 0 aromatic heterocycles. The lowest BCUT2D eigenvalue weighted by Gasteiger charge is -2.29. The first-order chi connectivity index (χ1) is 16.8. The molecule has 0 fully saturated rings. The number of hydrogen-bond donors (Lipinski definition) is 2. The molecule has 3 rings (SSSR count). The summed E-state index contributed by atoms with van der Waals surface area (Å²) in [7, 11) is 0. The van der Waals surface area contributed by atoms with E-state index in [-0.39, 0.29) is 25.0 Å². The number of nitrogens with one attached hydrogen (secondary N) is 1. The van der Waals surface area contributed by atoms with Gasteiger partial charge in [0.1, 0.15) is 19.2 Å². The predicted octanol–water partition coefficient (Wildman–Crippen LogP) is 4.30. The van der Waals surface area contributed by atoms with Crippen molar-refractivity contribution in [3.63, 3.8) is 0 Å². The van der Waals surface area contributed by atoms with Crippen molar-refractivity contribution in [1.82, 2.24) is 10.2 Å². The van der Waals surface area contributed by atoms with Crippen molar-refractivity contribution in [3.8, 4) is 17.2 Å². The van der Waals surface area contributed by atoms with Crippen molar-refractivity contribution in [3.05, 3.63) is 59.7 Å². The van der Waals surface area contributed by atoms with Gasteiger partial charge in [-0.15, -0.1) is 0 Å². The maximum absolute atomic E-state index is 13.1. The van der Waals surface area contributed by atoms with Gasteiger partial charge in [-0.2, -0.15) is 5.26 Å². The summed E-state index contributed by atoms with van der Waals surface area (Å²) < 4.78 is 5.58. The fourth-order valence-corrected chi connectivity index (χ4v) is 4.45. The Morgan fingerprint density at radius 1 is 1.06 bits per heavy atom. The van der Waals surface area contributed by atoms with Crippen LogP contribution in [0.3, 0.4) is 0 Å². The molecule has 1 unspecified atom stereocenters.